The van der Waals surface area contributed by atoms with Crippen LogP contribution in [-0.2, 0) is 12.3 Å². The fourth-order valence-corrected chi connectivity index (χ4v) is 3.15. The molecule has 0 aliphatic heterocycles. The van der Waals surface area contributed by atoms with Gasteiger partial charge in [0.05, 0.1) is 12.9 Å². The summed E-state index contributed by atoms with van der Waals surface area (Å²) in [6.07, 6.45) is 3.90. The summed E-state index contributed by atoms with van der Waals surface area (Å²) in [5.74, 6) is 2.81. The molecule has 0 radical (unpaired) electrons. The molecule has 0 bridgehead atoms. The highest BCUT2D eigenvalue weighted by Crippen LogP contribution is 2.25. The van der Waals surface area contributed by atoms with E-state index < -0.39 is 0 Å². The molecule has 0 amide bonds. The smallest absolute Gasteiger partial charge is 0.119 e. The van der Waals surface area contributed by atoms with E-state index in [0.29, 0.717) is 0 Å². The second kappa shape index (κ2) is 7.18. The number of thioether (sulfide) groups is 1. The van der Waals surface area contributed by atoms with E-state index in [1.165, 1.54) is 10.5 Å². The van der Waals surface area contributed by atoms with E-state index in [2.05, 4.69) is 45.9 Å². The molecule has 0 spiro atoms. The Kier molecular flexibility index (Phi) is 4.81. The summed E-state index contributed by atoms with van der Waals surface area (Å²) in [7, 11) is 1.69. The molecule has 0 aliphatic carbocycles. The van der Waals surface area contributed by atoms with Crippen molar-refractivity contribution in [3.05, 3.63) is 78.4 Å². The maximum absolute atomic E-state index is 5.26. The van der Waals surface area contributed by atoms with Crippen LogP contribution in [0.5, 0.6) is 5.75 Å². The molecule has 3 rings (SSSR count). The highest BCUT2D eigenvalue weighted by Gasteiger charge is 2.05. The third-order valence-corrected chi connectivity index (χ3v) is 4.40. The van der Waals surface area contributed by atoms with E-state index in [1.807, 2.05) is 30.6 Å². The Labute approximate surface area is 135 Å². The number of nitrogens with zero attached hydrogens (tertiary/aromatic N) is 2. The van der Waals surface area contributed by atoms with E-state index in [9.17, 15) is 0 Å². The van der Waals surface area contributed by atoms with Crippen molar-refractivity contribution in [1.82, 2.24) is 9.55 Å². The first-order valence-electron chi connectivity index (χ1n) is 7.16. The standard InChI is InChI=1S/C18H18N2OS/c1-21-16-8-5-9-17(12-16)22-14-18-19-10-11-20(18)13-15-6-3-2-4-7-15/h2-12H,13-14H2,1H3. The van der Waals surface area contributed by atoms with Crippen LogP contribution in [0.4, 0.5) is 0 Å². The van der Waals surface area contributed by atoms with Crippen molar-refractivity contribution in [1.29, 1.82) is 0 Å². The van der Waals surface area contributed by atoms with E-state index in [4.69, 9.17) is 4.74 Å². The lowest BCUT2D eigenvalue weighted by atomic mass is 10.2. The van der Waals surface area contributed by atoms with Gasteiger partial charge in [-0.2, -0.15) is 0 Å². The van der Waals surface area contributed by atoms with Gasteiger partial charge < -0.3 is 9.30 Å². The van der Waals surface area contributed by atoms with Crippen molar-refractivity contribution in [2.45, 2.75) is 17.2 Å². The van der Waals surface area contributed by atoms with E-state index in [0.717, 1.165) is 23.9 Å². The number of ether oxygens (including phenoxy) is 1. The molecule has 0 saturated carbocycles. The van der Waals surface area contributed by atoms with E-state index >= 15 is 0 Å². The Bertz CT molecular complexity index is 725. The van der Waals surface area contributed by atoms with Crippen LogP contribution >= 0.6 is 11.8 Å². The summed E-state index contributed by atoms with van der Waals surface area (Å²) in [6, 6.07) is 18.6. The summed E-state index contributed by atoms with van der Waals surface area (Å²) < 4.78 is 7.46. The molecule has 2 aromatic carbocycles. The average molecular weight is 310 g/mol. The van der Waals surface area contributed by atoms with Crippen molar-refractivity contribution in [2.75, 3.05) is 7.11 Å². The highest BCUT2D eigenvalue weighted by molar-refractivity contribution is 7.98. The Morgan fingerprint density at radius 1 is 1.09 bits per heavy atom. The fraction of sp³-hybridized carbons (Fsp3) is 0.167. The summed E-state index contributed by atoms with van der Waals surface area (Å²) in [5, 5.41) is 0. The van der Waals surface area contributed by atoms with Crippen LogP contribution in [0.3, 0.4) is 0 Å². The van der Waals surface area contributed by atoms with Gasteiger partial charge in [0.15, 0.2) is 0 Å². The second-order valence-corrected chi connectivity index (χ2v) is 5.97. The molecule has 0 atom stereocenters. The molecule has 3 aromatic rings. The van der Waals surface area contributed by atoms with Gasteiger partial charge in [0.1, 0.15) is 11.6 Å². The van der Waals surface area contributed by atoms with Gasteiger partial charge in [-0.3, -0.25) is 0 Å². The summed E-state index contributed by atoms with van der Waals surface area (Å²) in [5.41, 5.74) is 1.29. The number of methoxy groups -OCH3 is 1. The molecule has 0 saturated heterocycles. The van der Waals surface area contributed by atoms with Gasteiger partial charge in [-0.1, -0.05) is 36.4 Å². The molecule has 1 heterocycles. The molecule has 0 fully saturated rings. The second-order valence-electron chi connectivity index (χ2n) is 4.92. The first kappa shape index (κ1) is 14.7. The van der Waals surface area contributed by atoms with E-state index in [1.54, 1.807) is 18.9 Å². The van der Waals surface area contributed by atoms with Crippen LogP contribution in [0.25, 0.3) is 0 Å². The maximum atomic E-state index is 5.26. The molecule has 112 valence electrons. The zero-order valence-electron chi connectivity index (χ0n) is 12.5. The van der Waals surface area contributed by atoms with Crippen LogP contribution in [0.1, 0.15) is 11.4 Å². The van der Waals surface area contributed by atoms with Crippen LogP contribution in [0.15, 0.2) is 71.9 Å². The van der Waals surface area contributed by atoms with Gasteiger partial charge in [0.2, 0.25) is 0 Å². The van der Waals surface area contributed by atoms with Gasteiger partial charge in [0.25, 0.3) is 0 Å². The molecule has 4 heteroatoms. The molecule has 0 aliphatic rings. The summed E-state index contributed by atoms with van der Waals surface area (Å²) in [4.78, 5) is 5.67. The van der Waals surface area contributed by atoms with Crippen LogP contribution in [0, 0.1) is 0 Å². The van der Waals surface area contributed by atoms with Gasteiger partial charge >= 0.3 is 0 Å². The monoisotopic (exact) mass is 310 g/mol. The van der Waals surface area contributed by atoms with Crippen molar-refractivity contribution >= 4 is 11.8 Å². The predicted molar refractivity (Wildman–Crippen MR) is 90.3 cm³/mol. The lowest BCUT2D eigenvalue weighted by Gasteiger charge is -2.08. The largest absolute Gasteiger partial charge is 0.497 e. The zero-order chi connectivity index (χ0) is 15.2. The number of hydrogen-bond donors (Lipinski definition) is 0. The van der Waals surface area contributed by atoms with Crippen LogP contribution in [-0.4, -0.2) is 16.7 Å². The summed E-state index contributed by atoms with van der Waals surface area (Å²) >= 11 is 1.77. The Hall–Kier alpha value is -2.20. The van der Waals surface area contributed by atoms with Crippen molar-refractivity contribution in [3.8, 4) is 5.75 Å². The van der Waals surface area contributed by atoms with Crippen molar-refractivity contribution < 1.29 is 4.74 Å². The van der Waals surface area contributed by atoms with Gasteiger partial charge in [-0.15, -0.1) is 11.8 Å². The lowest BCUT2D eigenvalue weighted by molar-refractivity contribution is 0.413. The normalized spacial score (nSPS) is 10.6. The minimum Gasteiger partial charge on any atom is -0.497 e. The van der Waals surface area contributed by atoms with Crippen LogP contribution in [0.2, 0.25) is 0 Å². The molecular weight excluding hydrogens is 292 g/mol. The van der Waals surface area contributed by atoms with Gasteiger partial charge in [-0.05, 0) is 23.8 Å². The van der Waals surface area contributed by atoms with Crippen molar-refractivity contribution in [3.63, 3.8) is 0 Å². The van der Waals surface area contributed by atoms with Gasteiger partial charge in [0, 0.05) is 23.8 Å². The van der Waals surface area contributed by atoms with Crippen molar-refractivity contribution in [2.24, 2.45) is 0 Å². The molecule has 0 unspecified atom stereocenters. The number of aromatic nitrogens is 2. The summed E-state index contributed by atoms with van der Waals surface area (Å²) in [6.45, 7) is 0.856. The quantitative estimate of drug-likeness (QED) is 0.637. The Balaban J connectivity index is 1.67. The molecule has 1 aromatic heterocycles. The Morgan fingerprint density at radius 2 is 1.95 bits per heavy atom. The molecule has 22 heavy (non-hydrogen) atoms. The third kappa shape index (κ3) is 3.71. The number of benzene rings is 2. The first-order chi connectivity index (χ1) is 10.8. The molecule has 3 nitrogen and oxygen atoms in total. The van der Waals surface area contributed by atoms with Crippen LogP contribution < -0.4 is 4.74 Å². The van der Waals surface area contributed by atoms with E-state index in [-0.39, 0.29) is 0 Å². The third-order valence-electron chi connectivity index (χ3n) is 3.41. The SMILES string of the molecule is COc1cccc(SCc2nccn2Cc2ccccc2)c1. The number of imidazole rings is 1. The number of hydrogen-bond acceptors (Lipinski definition) is 3. The Morgan fingerprint density at radius 3 is 2.77 bits per heavy atom. The zero-order valence-corrected chi connectivity index (χ0v) is 13.3. The fourth-order valence-electron chi connectivity index (χ4n) is 2.24. The topological polar surface area (TPSA) is 27.1 Å². The minimum atomic E-state index is 0.840. The number of rotatable bonds is 6. The van der Waals surface area contributed by atoms with Gasteiger partial charge in [-0.25, -0.2) is 4.98 Å². The molecular formula is C18H18N2OS. The maximum Gasteiger partial charge on any atom is 0.119 e. The minimum absolute atomic E-state index is 0.840. The highest BCUT2D eigenvalue weighted by atomic mass is 32.2. The molecule has 0 N–H and O–H groups in total. The lowest BCUT2D eigenvalue weighted by Crippen LogP contribution is -2.03. The predicted octanol–water partition coefficient (Wildman–Crippen LogP) is 4.23. The average Bonchev–Trinajstić information content (AvgIpc) is 3.01. The first-order valence-corrected chi connectivity index (χ1v) is 8.14.